The molecule has 0 saturated heterocycles. The lowest BCUT2D eigenvalue weighted by Gasteiger charge is -2.03. The van der Waals surface area contributed by atoms with E-state index in [1.807, 2.05) is 0 Å². The number of benzene rings is 1. The quantitative estimate of drug-likeness (QED) is 0.721. The van der Waals surface area contributed by atoms with Gasteiger partial charge in [-0.2, -0.15) is 0 Å². The van der Waals surface area contributed by atoms with Gasteiger partial charge in [0.25, 0.3) is 0 Å². The van der Waals surface area contributed by atoms with Crippen LogP contribution in [0.5, 0.6) is 5.75 Å². The normalized spacial score (nSPS) is 9.31. The molecule has 0 aliphatic rings. The second kappa shape index (κ2) is 3.66. The Morgan fingerprint density at radius 2 is 2.23 bits per heavy atom. The predicted molar refractivity (Wildman–Crippen MR) is 45.4 cm³/mol. The highest BCUT2D eigenvalue weighted by molar-refractivity contribution is 5.94. The van der Waals surface area contributed by atoms with Crippen LogP contribution in [0.25, 0.3) is 0 Å². The SMILES string of the molecule is COc1cccc(C(=O)O)c1N=O. The van der Waals surface area contributed by atoms with E-state index in [-0.39, 0.29) is 17.0 Å². The van der Waals surface area contributed by atoms with Crippen molar-refractivity contribution in [2.24, 2.45) is 5.18 Å². The molecule has 0 spiro atoms. The molecular formula is C8H7NO4. The average molecular weight is 181 g/mol. The van der Waals surface area contributed by atoms with Crippen molar-refractivity contribution in [2.75, 3.05) is 7.11 Å². The van der Waals surface area contributed by atoms with Gasteiger partial charge in [0.15, 0.2) is 5.69 Å². The maximum Gasteiger partial charge on any atom is 0.338 e. The van der Waals surface area contributed by atoms with Crippen molar-refractivity contribution in [1.82, 2.24) is 0 Å². The fourth-order valence-electron chi connectivity index (χ4n) is 0.954. The van der Waals surface area contributed by atoms with Crippen molar-refractivity contribution in [1.29, 1.82) is 0 Å². The van der Waals surface area contributed by atoms with Gasteiger partial charge in [0.2, 0.25) is 0 Å². The zero-order chi connectivity index (χ0) is 9.84. The van der Waals surface area contributed by atoms with Gasteiger partial charge >= 0.3 is 5.97 Å². The van der Waals surface area contributed by atoms with E-state index in [2.05, 4.69) is 5.18 Å². The number of carboxylic acid groups (broad SMARTS) is 1. The first-order valence-electron chi connectivity index (χ1n) is 3.44. The lowest BCUT2D eigenvalue weighted by atomic mass is 10.1. The summed E-state index contributed by atoms with van der Waals surface area (Å²) in [4.78, 5) is 20.9. The van der Waals surface area contributed by atoms with E-state index in [0.29, 0.717) is 0 Å². The highest BCUT2D eigenvalue weighted by Crippen LogP contribution is 2.30. The highest BCUT2D eigenvalue weighted by atomic mass is 16.5. The molecule has 0 amide bonds. The number of aromatic carboxylic acids is 1. The van der Waals surface area contributed by atoms with E-state index in [4.69, 9.17) is 9.84 Å². The Balaban J connectivity index is 3.35. The summed E-state index contributed by atoms with van der Waals surface area (Å²) in [6.07, 6.45) is 0. The number of rotatable bonds is 3. The Labute approximate surface area is 73.9 Å². The molecule has 5 nitrogen and oxygen atoms in total. The molecule has 0 heterocycles. The topological polar surface area (TPSA) is 76.0 Å². The minimum atomic E-state index is -1.20. The summed E-state index contributed by atoms with van der Waals surface area (Å²) in [5.74, 6) is -1.04. The Kier molecular flexibility index (Phi) is 2.59. The Morgan fingerprint density at radius 3 is 2.69 bits per heavy atom. The second-order valence-electron chi connectivity index (χ2n) is 2.25. The smallest absolute Gasteiger partial charge is 0.338 e. The van der Waals surface area contributed by atoms with Gasteiger partial charge in [-0.15, -0.1) is 4.91 Å². The van der Waals surface area contributed by atoms with Crippen molar-refractivity contribution in [3.63, 3.8) is 0 Å². The van der Waals surface area contributed by atoms with Crippen molar-refractivity contribution in [2.45, 2.75) is 0 Å². The summed E-state index contributed by atoms with van der Waals surface area (Å²) >= 11 is 0. The van der Waals surface area contributed by atoms with Gasteiger partial charge in [-0.1, -0.05) is 6.07 Å². The molecule has 5 heteroatoms. The molecule has 0 aromatic heterocycles. The molecule has 0 saturated carbocycles. The minimum Gasteiger partial charge on any atom is -0.494 e. The summed E-state index contributed by atoms with van der Waals surface area (Å²) in [6.45, 7) is 0. The van der Waals surface area contributed by atoms with Gasteiger partial charge in [0.1, 0.15) is 5.75 Å². The number of nitroso groups, excluding NO2 is 1. The summed E-state index contributed by atoms with van der Waals surface area (Å²) in [5.41, 5.74) is -0.341. The third-order valence-corrected chi connectivity index (χ3v) is 1.54. The molecule has 0 bridgehead atoms. The van der Waals surface area contributed by atoms with E-state index < -0.39 is 5.97 Å². The lowest BCUT2D eigenvalue weighted by molar-refractivity contribution is 0.0697. The predicted octanol–water partition coefficient (Wildman–Crippen LogP) is 1.79. The summed E-state index contributed by atoms with van der Waals surface area (Å²) in [5, 5.41) is 11.3. The molecular weight excluding hydrogens is 174 g/mol. The van der Waals surface area contributed by atoms with Crippen molar-refractivity contribution < 1.29 is 14.6 Å². The fraction of sp³-hybridized carbons (Fsp3) is 0.125. The lowest BCUT2D eigenvalue weighted by Crippen LogP contribution is -1.97. The van der Waals surface area contributed by atoms with Gasteiger partial charge in [0, 0.05) is 0 Å². The summed E-state index contributed by atoms with van der Waals surface area (Å²) in [7, 11) is 1.34. The van der Waals surface area contributed by atoms with Crippen LogP contribution in [0.4, 0.5) is 5.69 Å². The average Bonchev–Trinajstić information content (AvgIpc) is 2.16. The molecule has 1 aromatic carbocycles. The Morgan fingerprint density at radius 1 is 1.54 bits per heavy atom. The molecule has 0 unspecified atom stereocenters. The van der Waals surface area contributed by atoms with Crippen LogP contribution in [-0.4, -0.2) is 18.2 Å². The molecule has 0 radical (unpaired) electrons. The third kappa shape index (κ3) is 1.64. The van der Waals surface area contributed by atoms with Crippen LogP contribution in [0.15, 0.2) is 23.4 Å². The molecule has 13 heavy (non-hydrogen) atoms. The molecule has 0 aliphatic carbocycles. The van der Waals surface area contributed by atoms with Gasteiger partial charge in [-0.05, 0) is 17.3 Å². The van der Waals surface area contributed by atoms with E-state index in [1.54, 1.807) is 0 Å². The maximum atomic E-state index is 10.6. The van der Waals surface area contributed by atoms with Gasteiger partial charge in [0.05, 0.1) is 12.7 Å². The van der Waals surface area contributed by atoms with E-state index in [1.165, 1.54) is 25.3 Å². The molecule has 1 rings (SSSR count). The van der Waals surface area contributed by atoms with Crippen molar-refractivity contribution in [3.8, 4) is 5.75 Å². The molecule has 1 aromatic rings. The first-order valence-corrected chi connectivity index (χ1v) is 3.44. The van der Waals surface area contributed by atoms with Crippen molar-refractivity contribution in [3.05, 3.63) is 28.7 Å². The number of methoxy groups -OCH3 is 1. The fourth-order valence-corrected chi connectivity index (χ4v) is 0.954. The van der Waals surface area contributed by atoms with Crippen LogP contribution >= 0.6 is 0 Å². The van der Waals surface area contributed by atoms with Gasteiger partial charge in [-0.3, -0.25) is 0 Å². The molecule has 0 fully saturated rings. The van der Waals surface area contributed by atoms with Crippen LogP contribution in [0.3, 0.4) is 0 Å². The van der Waals surface area contributed by atoms with Crippen LogP contribution < -0.4 is 4.74 Å². The Hall–Kier alpha value is -1.91. The van der Waals surface area contributed by atoms with Gasteiger partial charge < -0.3 is 9.84 Å². The zero-order valence-corrected chi connectivity index (χ0v) is 6.85. The van der Waals surface area contributed by atoms with Crippen molar-refractivity contribution >= 4 is 11.7 Å². The second-order valence-corrected chi connectivity index (χ2v) is 2.25. The zero-order valence-electron chi connectivity index (χ0n) is 6.85. The number of carbonyl (C=O) groups is 1. The maximum absolute atomic E-state index is 10.6. The molecule has 0 aliphatic heterocycles. The molecule has 0 atom stereocenters. The monoisotopic (exact) mass is 181 g/mol. The molecule has 68 valence electrons. The standard InChI is InChI=1S/C8H7NO4/c1-13-6-4-2-3-5(8(10)11)7(6)9-12/h2-4H,1H3,(H,10,11). The first-order chi connectivity index (χ1) is 6.20. The largest absolute Gasteiger partial charge is 0.494 e. The van der Waals surface area contributed by atoms with E-state index >= 15 is 0 Å². The Bertz CT molecular complexity index is 348. The first kappa shape index (κ1) is 9.18. The van der Waals surface area contributed by atoms with Crippen LogP contribution in [0, 0.1) is 4.91 Å². The summed E-state index contributed by atoms with van der Waals surface area (Å²) < 4.78 is 4.77. The number of hydrogen-bond donors (Lipinski definition) is 1. The number of carboxylic acids is 1. The number of hydrogen-bond acceptors (Lipinski definition) is 4. The van der Waals surface area contributed by atoms with E-state index in [9.17, 15) is 9.70 Å². The van der Waals surface area contributed by atoms with Crippen LogP contribution in [-0.2, 0) is 0 Å². The highest BCUT2D eigenvalue weighted by Gasteiger charge is 2.14. The number of nitrogens with zero attached hydrogens (tertiary/aromatic N) is 1. The van der Waals surface area contributed by atoms with E-state index in [0.717, 1.165) is 0 Å². The third-order valence-electron chi connectivity index (χ3n) is 1.54. The summed E-state index contributed by atoms with van der Waals surface area (Å²) in [6, 6.07) is 4.25. The van der Waals surface area contributed by atoms with Crippen LogP contribution in [0.1, 0.15) is 10.4 Å². The van der Waals surface area contributed by atoms with Gasteiger partial charge in [-0.25, -0.2) is 4.79 Å². The molecule has 1 N–H and O–H groups in total. The van der Waals surface area contributed by atoms with Crippen LogP contribution in [0.2, 0.25) is 0 Å². The number of ether oxygens (including phenoxy) is 1. The minimum absolute atomic E-state index is 0.158.